The van der Waals surface area contributed by atoms with E-state index in [1.165, 1.54) is 11.3 Å². The Morgan fingerprint density at radius 3 is 2.38 bits per heavy atom. The van der Waals surface area contributed by atoms with E-state index in [0.29, 0.717) is 12.5 Å². The van der Waals surface area contributed by atoms with Gasteiger partial charge in [0.05, 0.1) is 6.42 Å². The maximum absolute atomic E-state index is 10.9. The summed E-state index contributed by atoms with van der Waals surface area (Å²) in [5.41, 5.74) is 2.46. The fourth-order valence-electron chi connectivity index (χ4n) is 2.42. The molecule has 4 heteroatoms. The lowest BCUT2D eigenvalue weighted by Gasteiger charge is -2.28. The van der Waals surface area contributed by atoms with Crippen molar-refractivity contribution < 1.29 is 9.90 Å². The SMILES string of the molecule is CC(C)c1ccccc1N(CCCN(C)C)CCC(=O)O. The second kappa shape index (κ2) is 8.67. The molecule has 1 aromatic rings. The monoisotopic (exact) mass is 292 g/mol. The zero-order valence-electron chi connectivity index (χ0n) is 13.7. The summed E-state index contributed by atoms with van der Waals surface area (Å²) in [5.74, 6) is -0.308. The Morgan fingerprint density at radius 2 is 1.81 bits per heavy atom. The molecule has 0 aliphatic rings. The van der Waals surface area contributed by atoms with Gasteiger partial charge in [-0.15, -0.1) is 0 Å². The van der Waals surface area contributed by atoms with Crippen LogP contribution in [0.5, 0.6) is 0 Å². The first kappa shape index (κ1) is 17.5. The second-order valence-electron chi connectivity index (χ2n) is 6.00. The molecule has 118 valence electrons. The molecule has 1 rings (SSSR count). The fourth-order valence-corrected chi connectivity index (χ4v) is 2.42. The second-order valence-corrected chi connectivity index (χ2v) is 6.00. The van der Waals surface area contributed by atoms with Crippen molar-refractivity contribution in [2.24, 2.45) is 0 Å². The standard InChI is InChI=1S/C17H28N2O2/c1-14(2)15-8-5-6-9-16(15)19(13-10-17(20)21)12-7-11-18(3)4/h5-6,8-9,14H,7,10-13H2,1-4H3,(H,20,21). The van der Waals surface area contributed by atoms with E-state index < -0.39 is 5.97 Å². The van der Waals surface area contributed by atoms with E-state index in [1.54, 1.807) is 0 Å². The molecule has 0 amide bonds. The highest BCUT2D eigenvalue weighted by Gasteiger charge is 2.14. The van der Waals surface area contributed by atoms with E-state index >= 15 is 0 Å². The summed E-state index contributed by atoms with van der Waals surface area (Å²) < 4.78 is 0. The van der Waals surface area contributed by atoms with Gasteiger partial charge in [-0.3, -0.25) is 4.79 Å². The molecule has 0 saturated heterocycles. The quantitative estimate of drug-likeness (QED) is 0.760. The van der Waals surface area contributed by atoms with Crippen LogP contribution in [0.3, 0.4) is 0 Å². The Kier molecular flexibility index (Phi) is 7.23. The average Bonchev–Trinajstić information content (AvgIpc) is 2.42. The lowest BCUT2D eigenvalue weighted by atomic mass is 10.00. The van der Waals surface area contributed by atoms with Crippen LogP contribution in [0.25, 0.3) is 0 Å². The number of carbonyl (C=O) groups is 1. The van der Waals surface area contributed by atoms with Crippen LogP contribution in [0.2, 0.25) is 0 Å². The predicted octanol–water partition coefficient (Wildman–Crippen LogP) is 3.04. The molecule has 0 aliphatic heterocycles. The zero-order valence-corrected chi connectivity index (χ0v) is 13.7. The fraction of sp³-hybridized carbons (Fsp3) is 0.588. The topological polar surface area (TPSA) is 43.8 Å². The number of hydrogen-bond donors (Lipinski definition) is 1. The smallest absolute Gasteiger partial charge is 0.305 e. The van der Waals surface area contributed by atoms with E-state index in [9.17, 15) is 4.79 Å². The summed E-state index contributed by atoms with van der Waals surface area (Å²) >= 11 is 0. The third-order valence-electron chi connectivity index (χ3n) is 3.53. The number of anilines is 1. The van der Waals surface area contributed by atoms with Crippen LogP contribution >= 0.6 is 0 Å². The Balaban J connectivity index is 2.86. The van der Waals surface area contributed by atoms with Crippen LogP contribution < -0.4 is 4.90 Å². The number of para-hydroxylation sites is 1. The first-order valence-electron chi connectivity index (χ1n) is 7.62. The molecule has 0 spiro atoms. The van der Waals surface area contributed by atoms with Crippen molar-refractivity contribution in [3.63, 3.8) is 0 Å². The molecule has 0 aromatic heterocycles. The first-order valence-corrected chi connectivity index (χ1v) is 7.62. The third-order valence-corrected chi connectivity index (χ3v) is 3.53. The first-order chi connectivity index (χ1) is 9.91. The maximum Gasteiger partial charge on any atom is 0.305 e. The van der Waals surface area contributed by atoms with Gasteiger partial charge in [0.25, 0.3) is 0 Å². The van der Waals surface area contributed by atoms with Gasteiger partial charge in [-0.1, -0.05) is 32.0 Å². The predicted molar refractivity (Wildman–Crippen MR) is 88.2 cm³/mol. The number of carboxylic acids is 1. The van der Waals surface area contributed by atoms with Crippen LogP contribution in [0.4, 0.5) is 5.69 Å². The van der Waals surface area contributed by atoms with Gasteiger partial charge in [0.15, 0.2) is 0 Å². The van der Waals surface area contributed by atoms with Gasteiger partial charge in [-0.2, -0.15) is 0 Å². The maximum atomic E-state index is 10.9. The minimum atomic E-state index is -0.741. The van der Waals surface area contributed by atoms with Crippen LogP contribution in [-0.4, -0.2) is 49.7 Å². The lowest BCUT2D eigenvalue weighted by molar-refractivity contribution is -0.136. The Labute approximate surface area is 128 Å². The molecule has 21 heavy (non-hydrogen) atoms. The van der Waals surface area contributed by atoms with E-state index in [4.69, 9.17) is 5.11 Å². The summed E-state index contributed by atoms with van der Waals surface area (Å²) in [4.78, 5) is 15.3. The van der Waals surface area contributed by atoms with Crippen molar-refractivity contribution >= 4 is 11.7 Å². The van der Waals surface area contributed by atoms with Crippen LogP contribution in [0.15, 0.2) is 24.3 Å². The van der Waals surface area contributed by atoms with Gasteiger partial charge < -0.3 is 14.9 Å². The number of benzene rings is 1. The molecule has 1 N–H and O–H groups in total. The van der Waals surface area contributed by atoms with Crippen molar-refractivity contribution in [3.8, 4) is 0 Å². The van der Waals surface area contributed by atoms with Gasteiger partial charge in [0.2, 0.25) is 0 Å². The number of nitrogens with zero attached hydrogens (tertiary/aromatic N) is 2. The van der Waals surface area contributed by atoms with Crippen LogP contribution in [-0.2, 0) is 4.79 Å². The summed E-state index contributed by atoms with van der Waals surface area (Å²) in [6, 6.07) is 8.32. The van der Waals surface area contributed by atoms with Crippen molar-refractivity contribution in [1.82, 2.24) is 4.90 Å². The lowest BCUT2D eigenvalue weighted by Crippen LogP contribution is -2.30. The Bertz CT molecular complexity index is 444. The number of carboxylic acid groups (broad SMARTS) is 1. The third kappa shape index (κ3) is 6.17. The van der Waals surface area contributed by atoms with Gasteiger partial charge in [-0.25, -0.2) is 0 Å². The number of rotatable bonds is 9. The summed E-state index contributed by atoms with van der Waals surface area (Å²) in [6.07, 6.45) is 1.20. The van der Waals surface area contributed by atoms with Gasteiger partial charge in [0.1, 0.15) is 0 Å². The minimum absolute atomic E-state index is 0.175. The van der Waals surface area contributed by atoms with E-state index in [-0.39, 0.29) is 6.42 Å². The number of aliphatic carboxylic acids is 1. The molecule has 0 atom stereocenters. The Morgan fingerprint density at radius 1 is 1.14 bits per heavy atom. The highest BCUT2D eigenvalue weighted by molar-refractivity contribution is 5.68. The normalized spacial score (nSPS) is 11.1. The molecule has 0 bridgehead atoms. The molecule has 0 saturated carbocycles. The molecule has 0 radical (unpaired) electrons. The van der Waals surface area contributed by atoms with Crippen molar-refractivity contribution in [3.05, 3.63) is 29.8 Å². The molecule has 0 aliphatic carbocycles. The van der Waals surface area contributed by atoms with Crippen molar-refractivity contribution in [1.29, 1.82) is 0 Å². The summed E-state index contributed by atoms with van der Waals surface area (Å²) in [7, 11) is 4.12. The number of hydrogen-bond acceptors (Lipinski definition) is 3. The van der Waals surface area contributed by atoms with Crippen LogP contribution in [0, 0.1) is 0 Å². The molecule has 1 aromatic carbocycles. The highest BCUT2D eigenvalue weighted by Crippen LogP contribution is 2.27. The molecule has 0 heterocycles. The van der Waals surface area contributed by atoms with E-state index in [0.717, 1.165) is 19.5 Å². The molecule has 0 fully saturated rings. The largest absolute Gasteiger partial charge is 0.481 e. The van der Waals surface area contributed by atoms with Gasteiger partial charge in [0, 0.05) is 18.8 Å². The van der Waals surface area contributed by atoms with Crippen molar-refractivity contribution in [2.45, 2.75) is 32.6 Å². The Hall–Kier alpha value is -1.55. The molecule has 4 nitrogen and oxygen atoms in total. The van der Waals surface area contributed by atoms with Gasteiger partial charge in [-0.05, 0) is 44.6 Å². The zero-order chi connectivity index (χ0) is 15.8. The highest BCUT2D eigenvalue weighted by atomic mass is 16.4. The van der Waals surface area contributed by atoms with Gasteiger partial charge >= 0.3 is 5.97 Å². The van der Waals surface area contributed by atoms with Crippen LogP contribution in [0.1, 0.15) is 38.2 Å². The van der Waals surface area contributed by atoms with Crippen molar-refractivity contribution in [2.75, 3.05) is 38.6 Å². The molecular formula is C17H28N2O2. The minimum Gasteiger partial charge on any atom is -0.481 e. The van der Waals surface area contributed by atoms with E-state index in [1.807, 2.05) is 12.1 Å². The van der Waals surface area contributed by atoms with E-state index in [2.05, 4.69) is 49.9 Å². The molecule has 0 unspecified atom stereocenters. The summed E-state index contributed by atoms with van der Waals surface area (Å²) in [5, 5.41) is 8.97. The molecular weight excluding hydrogens is 264 g/mol. The average molecular weight is 292 g/mol. The summed E-state index contributed by atoms with van der Waals surface area (Å²) in [6.45, 7) is 6.80.